The summed E-state index contributed by atoms with van der Waals surface area (Å²) in [5, 5.41) is 9.55. The van der Waals surface area contributed by atoms with Crippen LogP contribution in [-0.4, -0.2) is 11.1 Å². The van der Waals surface area contributed by atoms with Crippen LogP contribution in [0.3, 0.4) is 0 Å². The van der Waals surface area contributed by atoms with E-state index in [4.69, 9.17) is 0 Å². The number of carboxylic acid groups (broad SMARTS) is 1. The number of rotatable bonds is 1. The molecular formula is C15H28O2. The molecule has 0 aliphatic carbocycles. The van der Waals surface area contributed by atoms with E-state index in [-0.39, 0.29) is 16.2 Å². The molecule has 0 unspecified atom stereocenters. The van der Waals surface area contributed by atoms with E-state index in [0.29, 0.717) is 5.57 Å². The summed E-state index contributed by atoms with van der Waals surface area (Å²) in [5.74, 6) is -0.794. The molecule has 0 spiro atoms. The molecule has 1 N–H and O–H groups in total. The highest BCUT2D eigenvalue weighted by atomic mass is 16.4. The lowest BCUT2D eigenvalue weighted by atomic mass is 9.65. The van der Waals surface area contributed by atoms with Crippen LogP contribution < -0.4 is 0 Å². The van der Waals surface area contributed by atoms with E-state index in [0.717, 1.165) is 5.57 Å². The van der Waals surface area contributed by atoms with Crippen molar-refractivity contribution in [3.63, 3.8) is 0 Å². The lowest BCUT2D eigenvalue weighted by Gasteiger charge is -2.39. The third-order valence-corrected chi connectivity index (χ3v) is 2.71. The van der Waals surface area contributed by atoms with Gasteiger partial charge in [-0.15, -0.1) is 0 Å². The number of allylic oxidation sites excluding steroid dienone is 1. The van der Waals surface area contributed by atoms with Crippen molar-refractivity contribution in [3.8, 4) is 0 Å². The van der Waals surface area contributed by atoms with Crippen molar-refractivity contribution in [1.82, 2.24) is 0 Å². The largest absolute Gasteiger partial charge is 0.478 e. The van der Waals surface area contributed by atoms with E-state index in [1.807, 2.05) is 20.8 Å². The van der Waals surface area contributed by atoms with Crippen molar-refractivity contribution in [3.05, 3.63) is 11.1 Å². The average Bonchev–Trinajstić information content (AvgIpc) is 1.91. The zero-order chi connectivity index (χ0) is 14.2. The quantitative estimate of drug-likeness (QED) is 0.685. The fourth-order valence-corrected chi connectivity index (χ4v) is 2.68. The van der Waals surface area contributed by atoms with Gasteiger partial charge in [-0.05, 0) is 21.8 Å². The van der Waals surface area contributed by atoms with E-state index in [2.05, 4.69) is 41.5 Å². The molecular weight excluding hydrogens is 212 g/mol. The Balaban J connectivity index is 6.27. The Morgan fingerprint density at radius 1 is 0.706 bits per heavy atom. The number of carboxylic acids is 1. The molecule has 0 heterocycles. The van der Waals surface area contributed by atoms with Crippen molar-refractivity contribution in [2.45, 2.75) is 62.3 Å². The standard InChI is InChI=1S/C15H28O2/c1-13(2,3)10(12(16)17)11(14(4,5)6)15(7,8)9/h1-9H3,(H,16,17). The van der Waals surface area contributed by atoms with E-state index < -0.39 is 5.97 Å². The molecule has 0 bridgehead atoms. The first-order valence-electron chi connectivity index (χ1n) is 6.18. The summed E-state index contributed by atoms with van der Waals surface area (Å²) < 4.78 is 0. The molecule has 100 valence electrons. The second-order valence-corrected chi connectivity index (χ2v) is 7.81. The molecule has 0 aromatic carbocycles. The molecule has 0 fully saturated rings. The van der Waals surface area contributed by atoms with Gasteiger partial charge in [-0.2, -0.15) is 0 Å². The van der Waals surface area contributed by atoms with Gasteiger partial charge in [0.15, 0.2) is 0 Å². The van der Waals surface area contributed by atoms with E-state index in [9.17, 15) is 9.90 Å². The molecule has 0 aliphatic heterocycles. The molecule has 0 radical (unpaired) electrons. The van der Waals surface area contributed by atoms with Gasteiger partial charge in [-0.25, -0.2) is 4.79 Å². The molecule has 0 rings (SSSR count). The zero-order valence-electron chi connectivity index (χ0n) is 12.9. The first-order chi connectivity index (χ1) is 7.19. The van der Waals surface area contributed by atoms with Crippen molar-refractivity contribution in [1.29, 1.82) is 0 Å². The Kier molecular flexibility index (Phi) is 4.26. The molecule has 0 aromatic rings. The summed E-state index contributed by atoms with van der Waals surface area (Å²) in [4.78, 5) is 11.6. The van der Waals surface area contributed by atoms with Crippen molar-refractivity contribution in [2.75, 3.05) is 0 Å². The molecule has 2 heteroatoms. The van der Waals surface area contributed by atoms with Crippen molar-refractivity contribution in [2.24, 2.45) is 16.2 Å². The summed E-state index contributed by atoms with van der Waals surface area (Å²) in [6.45, 7) is 18.4. The fourth-order valence-electron chi connectivity index (χ4n) is 2.68. The topological polar surface area (TPSA) is 37.3 Å². The predicted molar refractivity (Wildman–Crippen MR) is 73.0 cm³/mol. The van der Waals surface area contributed by atoms with Crippen LogP contribution in [0.25, 0.3) is 0 Å². The third kappa shape index (κ3) is 4.18. The van der Waals surface area contributed by atoms with Gasteiger partial charge in [-0.3, -0.25) is 0 Å². The Morgan fingerprint density at radius 2 is 1.00 bits per heavy atom. The van der Waals surface area contributed by atoms with E-state index in [1.54, 1.807) is 0 Å². The molecule has 0 aliphatic rings. The van der Waals surface area contributed by atoms with Gasteiger partial charge in [0.25, 0.3) is 0 Å². The van der Waals surface area contributed by atoms with Gasteiger partial charge in [0.05, 0.1) is 0 Å². The number of hydrogen-bond acceptors (Lipinski definition) is 1. The Labute approximate surface area is 106 Å². The van der Waals surface area contributed by atoms with Gasteiger partial charge in [0.2, 0.25) is 0 Å². The highest BCUT2D eigenvalue weighted by Gasteiger charge is 2.37. The Hall–Kier alpha value is -0.790. The minimum atomic E-state index is -0.794. The monoisotopic (exact) mass is 240 g/mol. The van der Waals surface area contributed by atoms with Crippen LogP contribution in [0.4, 0.5) is 0 Å². The van der Waals surface area contributed by atoms with Crippen molar-refractivity contribution < 1.29 is 9.90 Å². The highest BCUT2D eigenvalue weighted by molar-refractivity contribution is 5.89. The van der Waals surface area contributed by atoms with Crippen LogP contribution in [-0.2, 0) is 4.79 Å². The maximum Gasteiger partial charge on any atom is 0.332 e. The molecule has 0 amide bonds. The maximum atomic E-state index is 11.6. The normalized spacial score (nSPS) is 13.5. The van der Waals surface area contributed by atoms with Crippen LogP contribution >= 0.6 is 0 Å². The van der Waals surface area contributed by atoms with Gasteiger partial charge in [0, 0.05) is 5.57 Å². The summed E-state index contributed by atoms with van der Waals surface area (Å²) in [7, 11) is 0. The van der Waals surface area contributed by atoms with Gasteiger partial charge in [0.1, 0.15) is 0 Å². The van der Waals surface area contributed by atoms with Gasteiger partial charge < -0.3 is 5.11 Å². The highest BCUT2D eigenvalue weighted by Crippen LogP contribution is 2.45. The predicted octanol–water partition coefficient (Wildman–Crippen LogP) is 4.51. The summed E-state index contributed by atoms with van der Waals surface area (Å²) >= 11 is 0. The smallest absolute Gasteiger partial charge is 0.332 e. The Morgan fingerprint density at radius 3 is 1.06 bits per heavy atom. The number of aliphatic carboxylic acids is 1. The van der Waals surface area contributed by atoms with E-state index in [1.165, 1.54) is 0 Å². The van der Waals surface area contributed by atoms with Crippen molar-refractivity contribution >= 4 is 5.97 Å². The van der Waals surface area contributed by atoms with Crippen LogP contribution in [0, 0.1) is 16.2 Å². The summed E-state index contributed by atoms with van der Waals surface area (Å²) in [6, 6.07) is 0. The number of carbonyl (C=O) groups is 1. The van der Waals surface area contributed by atoms with Crippen LogP contribution in [0.5, 0.6) is 0 Å². The zero-order valence-corrected chi connectivity index (χ0v) is 12.9. The molecule has 0 saturated heterocycles. The van der Waals surface area contributed by atoms with Gasteiger partial charge in [-0.1, -0.05) is 62.3 Å². The average molecular weight is 240 g/mol. The lowest BCUT2D eigenvalue weighted by molar-refractivity contribution is -0.134. The molecule has 0 saturated carbocycles. The molecule has 2 nitrogen and oxygen atoms in total. The van der Waals surface area contributed by atoms with E-state index >= 15 is 0 Å². The van der Waals surface area contributed by atoms with Gasteiger partial charge >= 0.3 is 5.97 Å². The van der Waals surface area contributed by atoms with Crippen LogP contribution in [0.15, 0.2) is 11.1 Å². The molecule has 0 atom stereocenters. The first kappa shape index (κ1) is 16.2. The molecule has 17 heavy (non-hydrogen) atoms. The minimum Gasteiger partial charge on any atom is -0.478 e. The Bertz CT molecular complexity index is 311. The fraction of sp³-hybridized carbons (Fsp3) is 0.800. The summed E-state index contributed by atoms with van der Waals surface area (Å²) in [5.41, 5.74) is 0.961. The lowest BCUT2D eigenvalue weighted by Crippen LogP contribution is -2.31. The SMILES string of the molecule is CC(C)(C)C(C(=O)O)=C(C(C)(C)C)C(C)(C)C. The van der Waals surface area contributed by atoms with Crippen LogP contribution in [0.2, 0.25) is 0 Å². The summed E-state index contributed by atoms with van der Waals surface area (Å²) in [6.07, 6.45) is 0. The minimum absolute atomic E-state index is 0.140. The second-order valence-electron chi connectivity index (χ2n) is 7.81. The second kappa shape index (κ2) is 4.47. The van der Waals surface area contributed by atoms with Crippen LogP contribution in [0.1, 0.15) is 62.3 Å². The maximum absolute atomic E-state index is 11.6. The number of hydrogen-bond donors (Lipinski definition) is 1. The molecule has 0 aromatic heterocycles. The third-order valence-electron chi connectivity index (χ3n) is 2.71. The first-order valence-corrected chi connectivity index (χ1v) is 6.18.